The molecule has 0 aliphatic carbocycles. The van der Waals surface area contributed by atoms with Gasteiger partial charge in [0.25, 0.3) is 0 Å². The molecule has 0 bridgehead atoms. The molecule has 0 amide bonds. The Bertz CT molecular complexity index is 163. The van der Waals surface area contributed by atoms with Crippen LogP contribution in [0.3, 0.4) is 0 Å². The van der Waals surface area contributed by atoms with Crippen LogP contribution < -0.4 is 0 Å². The zero-order valence-electron chi connectivity index (χ0n) is 12.9. The minimum absolute atomic E-state index is 0.292. The summed E-state index contributed by atoms with van der Waals surface area (Å²) in [6.07, 6.45) is 18.5. The molecule has 0 radical (unpaired) electrons. The largest absolute Gasteiger partial charge is 0.290 e. The van der Waals surface area contributed by atoms with Crippen molar-refractivity contribution in [3.05, 3.63) is 0 Å². The third kappa shape index (κ3) is 17.9. The molecule has 0 atom stereocenters. The van der Waals surface area contributed by atoms with Gasteiger partial charge in [0.2, 0.25) is 0 Å². The molecule has 116 valence electrons. The fraction of sp³-hybridized carbons (Fsp3) is 1.00. The molecule has 0 saturated carbocycles. The molecule has 3 nitrogen and oxygen atoms in total. The van der Waals surface area contributed by atoms with E-state index in [1.54, 1.807) is 0 Å². The lowest BCUT2D eigenvalue weighted by molar-refractivity contribution is -0.306. The first kappa shape index (κ1) is 18.9. The summed E-state index contributed by atoms with van der Waals surface area (Å²) in [5, 5.41) is 17.4. The van der Waals surface area contributed by atoms with Crippen LogP contribution in [0.25, 0.3) is 0 Å². The Morgan fingerprint density at radius 1 is 0.526 bits per heavy atom. The smallest absolute Gasteiger partial charge is 0.0512 e. The van der Waals surface area contributed by atoms with Crippen LogP contribution in [0.5, 0.6) is 0 Å². The second kappa shape index (κ2) is 15.9. The van der Waals surface area contributed by atoms with Gasteiger partial charge >= 0.3 is 0 Å². The highest BCUT2D eigenvalue weighted by Crippen LogP contribution is 2.12. The molecule has 0 fully saturated rings. The van der Waals surface area contributed by atoms with Crippen LogP contribution >= 0.6 is 0 Å². The average Bonchev–Trinajstić information content (AvgIpc) is 2.39. The van der Waals surface area contributed by atoms with Crippen LogP contribution in [0.1, 0.15) is 96.8 Å². The first-order chi connectivity index (χ1) is 9.27. The van der Waals surface area contributed by atoms with Crippen LogP contribution in [0.15, 0.2) is 0 Å². The summed E-state index contributed by atoms with van der Waals surface area (Å²) in [6, 6.07) is 0. The van der Waals surface area contributed by atoms with E-state index in [-0.39, 0.29) is 0 Å². The monoisotopic (exact) mass is 273 g/mol. The van der Waals surface area contributed by atoms with Crippen molar-refractivity contribution < 1.29 is 10.4 Å². The maximum absolute atomic E-state index is 8.53. The Morgan fingerprint density at radius 2 is 0.842 bits per heavy atom. The lowest BCUT2D eigenvalue weighted by atomic mass is 10.0. The molecule has 0 aromatic heterocycles. The molecular formula is C16H35NO2. The van der Waals surface area contributed by atoms with Gasteiger partial charge in [0.05, 0.1) is 6.54 Å². The van der Waals surface area contributed by atoms with Crippen LogP contribution in [0.2, 0.25) is 0 Å². The van der Waals surface area contributed by atoms with Crippen molar-refractivity contribution in [2.45, 2.75) is 96.8 Å². The van der Waals surface area contributed by atoms with Gasteiger partial charge in [-0.1, -0.05) is 95.6 Å². The maximum atomic E-state index is 8.53. The van der Waals surface area contributed by atoms with E-state index >= 15 is 0 Å². The second-order valence-electron chi connectivity index (χ2n) is 5.69. The fourth-order valence-electron chi connectivity index (χ4n) is 2.45. The van der Waals surface area contributed by atoms with Crippen molar-refractivity contribution in [1.82, 2.24) is 5.23 Å². The summed E-state index contributed by atoms with van der Waals surface area (Å²) >= 11 is 0. The van der Waals surface area contributed by atoms with E-state index < -0.39 is 0 Å². The van der Waals surface area contributed by atoms with Crippen molar-refractivity contribution in [2.24, 2.45) is 0 Å². The summed E-state index contributed by atoms with van der Waals surface area (Å²) < 4.78 is 0. The molecule has 0 aromatic carbocycles. The van der Waals surface area contributed by atoms with Crippen molar-refractivity contribution in [1.29, 1.82) is 0 Å². The highest BCUT2D eigenvalue weighted by atomic mass is 16.8. The van der Waals surface area contributed by atoms with E-state index in [4.69, 9.17) is 10.4 Å². The van der Waals surface area contributed by atoms with Crippen LogP contribution in [-0.4, -0.2) is 22.2 Å². The molecule has 0 aliphatic rings. The molecular weight excluding hydrogens is 238 g/mol. The average molecular weight is 273 g/mol. The molecule has 0 rings (SSSR count). The summed E-state index contributed by atoms with van der Waals surface area (Å²) in [7, 11) is 0. The Balaban J connectivity index is 2.91. The van der Waals surface area contributed by atoms with Gasteiger partial charge in [-0.2, -0.15) is 0 Å². The molecule has 3 heteroatoms. The summed E-state index contributed by atoms with van der Waals surface area (Å²) in [5.74, 6) is 0. The van der Waals surface area contributed by atoms with E-state index in [1.165, 1.54) is 77.0 Å². The van der Waals surface area contributed by atoms with E-state index in [9.17, 15) is 0 Å². The Labute approximate surface area is 119 Å². The second-order valence-corrected chi connectivity index (χ2v) is 5.69. The fourth-order valence-corrected chi connectivity index (χ4v) is 2.45. The van der Waals surface area contributed by atoms with E-state index in [0.29, 0.717) is 11.8 Å². The van der Waals surface area contributed by atoms with Gasteiger partial charge in [0.1, 0.15) is 0 Å². The van der Waals surface area contributed by atoms with Crippen LogP contribution in [0.4, 0.5) is 0 Å². The highest BCUT2D eigenvalue weighted by Gasteiger charge is 1.95. The highest BCUT2D eigenvalue weighted by molar-refractivity contribution is 4.49. The van der Waals surface area contributed by atoms with Crippen molar-refractivity contribution >= 4 is 0 Å². The predicted molar refractivity (Wildman–Crippen MR) is 80.6 cm³/mol. The predicted octanol–water partition coefficient (Wildman–Crippen LogP) is 5.55. The minimum Gasteiger partial charge on any atom is -0.290 e. The lowest BCUT2D eigenvalue weighted by Crippen LogP contribution is -2.14. The molecule has 2 N–H and O–H groups in total. The third-order valence-electron chi connectivity index (χ3n) is 3.71. The molecule has 19 heavy (non-hydrogen) atoms. The van der Waals surface area contributed by atoms with Crippen molar-refractivity contribution in [2.75, 3.05) is 6.54 Å². The van der Waals surface area contributed by atoms with Gasteiger partial charge in [0.15, 0.2) is 0 Å². The van der Waals surface area contributed by atoms with Crippen molar-refractivity contribution in [3.8, 4) is 0 Å². The van der Waals surface area contributed by atoms with E-state index in [0.717, 1.165) is 12.8 Å². The molecule has 0 spiro atoms. The van der Waals surface area contributed by atoms with Gasteiger partial charge < -0.3 is 0 Å². The Morgan fingerprint density at radius 3 is 1.16 bits per heavy atom. The van der Waals surface area contributed by atoms with Gasteiger partial charge in [-0.25, -0.2) is 0 Å². The van der Waals surface area contributed by atoms with Gasteiger partial charge in [-0.15, -0.1) is 0 Å². The number of unbranched alkanes of at least 4 members (excludes halogenated alkanes) is 13. The molecule has 0 unspecified atom stereocenters. The number of hydroxylamine groups is 2. The Hall–Kier alpha value is -0.120. The summed E-state index contributed by atoms with van der Waals surface area (Å²) in [5.41, 5.74) is 0. The number of hydrogen-bond acceptors (Lipinski definition) is 3. The normalized spacial score (nSPS) is 11.4. The molecule has 0 heterocycles. The SMILES string of the molecule is CCCCCCCCCCCCCCCCN(O)O. The Kier molecular flexibility index (Phi) is 15.8. The number of rotatable bonds is 15. The van der Waals surface area contributed by atoms with Gasteiger partial charge in [-0.3, -0.25) is 10.4 Å². The van der Waals surface area contributed by atoms with Crippen LogP contribution in [-0.2, 0) is 0 Å². The van der Waals surface area contributed by atoms with E-state index in [1.807, 2.05) is 0 Å². The summed E-state index contributed by atoms with van der Waals surface area (Å²) in [6.45, 7) is 2.64. The standard InChI is InChI=1S/C16H35NO2/c1-2-3-4-5-6-7-8-9-10-11-12-13-14-15-16-17(18)19/h18-19H,2-16H2,1H3. The zero-order chi connectivity index (χ0) is 14.2. The minimum atomic E-state index is 0.292. The first-order valence-electron chi connectivity index (χ1n) is 8.42. The maximum Gasteiger partial charge on any atom is 0.0512 e. The molecule has 0 aromatic rings. The van der Waals surface area contributed by atoms with Gasteiger partial charge in [0, 0.05) is 0 Å². The topological polar surface area (TPSA) is 43.7 Å². The zero-order valence-corrected chi connectivity index (χ0v) is 12.9. The van der Waals surface area contributed by atoms with E-state index in [2.05, 4.69) is 6.92 Å². The quantitative estimate of drug-likeness (QED) is 0.304. The summed E-state index contributed by atoms with van der Waals surface area (Å²) in [4.78, 5) is 0. The lowest BCUT2D eigenvalue weighted by Gasteiger charge is -2.05. The first-order valence-corrected chi connectivity index (χ1v) is 8.42. The van der Waals surface area contributed by atoms with Gasteiger partial charge in [-0.05, 0) is 6.42 Å². The third-order valence-corrected chi connectivity index (χ3v) is 3.71. The van der Waals surface area contributed by atoms with Crippen LogP contribution in [0, 0.1) is 0 Å². The van der Waals surface area contributed by atoms with Crippen molar-refractivity contribution in [3.63, 3.8) is 0 Å². The molecule has 0 saturated heterocycles. The number of nitrogens with zero attached hydrogens (tertiary/aromatic N) is 1. The molecule has 0 aliphatic heterocycles. The number of hydrogen-bond donors (Lipinski definition) is 2.